The highest BCUT2D eigenvalue weighted by molar-refractivity contribution is 5.79. The minimum Gasteiger partial charge on any atom is -0.466 e. The number of rotatable bonds is 7. The number of hydrogen-bond donors (Lipinski definition) is 0. The lowest BCUT2D eigenvalue weighted by atomic mass is 9.70. The maximum Gasteiger partial charge on any atom is 0.314 e. The van der Waals surface area contributed by atoms with Gasteiger partial charge in [0, 0.05) is 18.5 Å². The van der Waals surface area contributed by atoms with E-state index in [2.05, 4.69) is 27.2 Å². The monoisotopic (exact) mass is 369 g/mol. The fourth-order valence-electron chi connectivity index (χ4n) is 4.92. The van der Waals surface area contributed by atoms with Crippen LogP contribution in [0.3, 0.4) is 0 Å². The van der Waals surface area contributed by atoms with Crippen molar-refractivity contribution < 1.29 is 14.1 Å². The minimum atomic E-state index is -0.488. The van der Waals surface area contributed by atoms with Crippen LogP contribution in [0.15, 0.2) is 34.9 Å². The first kappa shape index (κ1) is 18.2. The van der Waals surface area contributed by atoms with Crippen LogP contribution in [0.2, 0.25) is 0 Å². The molecule has 3 heterocycles. The number of ether oxygens (including phenoxy) is 1. The van der Waals surface area contributed by atoms with Gasteiger partial charge in [0.15, 0.2) is 5.82 Å². The molecule has 2 aromatic rings. The Labute approximate surface area is 159 Å². The van der Waals surface area contributed by atoms with Crippen LogP contribution in [0.1, 0.15) is 50.4 Å². The van der Waals surface area contributed by atoms with E-state index in [4.69, 9.17) is 9.26 Å². The van der Waals surface area contributed by atoms with Crippen LogP contribution in [0.4, 0.5) is 0 Å². The van der Waals surface area contributed by atoms with Crippen LogP contribution in [-0.2, 0) is 28.9 Å². The average molecular weight is 369 g/mol. The van der Waals surface area contributed by atoms with E-state index in [0.29, 0.717) is 30.9 Å². The number of fused-ring (bicyclic) bond motifs is 2. The first-order valence-electron chi connectivity index (χ1n) is 9.94. The molecule has 0 unspecified atom stereocenters. The van der Waals surface area contributed by atoms with Gasteiger partial charge in [-0.15, -0.1) is 0 Å². The molecular formula is C21H27N3O3. The lowest BCUT2D eigenvalue weighted by molar-refractivity contribution is -0.157. The molecule has 0 aliphatic carbocycles. The van der Waals surface area contributed by atoms with Gasteiger partial charge >= 0.3 is 5.97 Å². The first-order chi connectivity index (χ1) is 13.2. The summed E-state index contributed by atoms with van der Waals surface area (Å²) in [5.74, 6) is 1.31. The predicted molar refractivity (Wildman–Crippen MR) is 99.9 cm³/mol. The van der Waals surface area contributed by atoms with Crippen molar-refractivity contribution in [3.8, 4) is 0 Å². The van der Waals surface area contributed by atoms with Crippen LogP contribution < -0.4 is 0 Å². The Morgan fingerprint density at radius 2 is 2.11 bits per heavy atom. The summed E-state index contributed by atoms with van der Waals surface area (Å²) in [6.45, 7) is 4.93. The molecule has 1 aromatic heterocycles. The number of carbonyl (C=O) groups is 1. The van der Waals surface area contributed by atoms with Crippen molar-refractivity contribution in [1.29, 1.82) is 0 Å². The second-order valence-electron chi connectivity index (χ2n) is 7.62. The minimum absolute atomic E-state index is 0.0617. The molecule has 2 aliphatic rings. The van der Waals surface area contributed by atoms with Gasteiger partial charge in [-0.05, 0) is 38.2 Å². The number of aromatic nitrogens is 2. The fraction of sp³-hybridized carbons (Fsp3) is 0.571. The Kier molecular flexibility index (Phi) is 5.00. The van der Waals surface area contributed by atoms with Gasteiger partial charge in [-0.3, -0.25) is 9.69 Å². The van der Waals surface area contributed by atoms with Crippen molar-refractivity contribution in [1.82, 2.24) is 15.0 Å². The zero-order valence-electron chi connectivity index (χ0n) is 16.1. The number of hydrogen-bond acceptors (Lipinski definition) is 6. The molecule has 27 heavy (non-hydrogen) atoms. The highest BCUT2D eigenvalue weighted by Gasteiger charge is 2.60. The van der Waals surface area contributed by atoms with Crippen LogP contribution in [0, 0.1) is 5.41 Å². The van der Waals surface area contributed by atoms with E-state index >= 15 is 0 Å². The summed E-state index contributed by atoms with van der Waals surface area (Å²) < 4.78 is 10.8. The third-order valence-corrected chi connectivity index (χ3v) is 6.06. The smallest absolute Gasteiger partial charge is 0.314 e. The highest BCUT2D eigenvalue weighted by Crippen LogP contribution is 2.52. The van der Waals surface area contributed by atoms with Crippen molar-refractivity contribution >= 4 is 5.97 Å². The number of aryl methyl sites for hydroxylation is 1. The zero-order valence-corrected chi connectivity index (χ0v) is 16.1. The van der Waals surface area contributed by atoms with Gasteiger partial charge in [0.2, 0.25) is 5.89 Å². The number of benzene rings is 1. The second-order valence-corrected chi connectivity index (χ2v) is 7.62. The van der Waals surface area contributed by atoms with Crippen molar-refractivity contribution in [2.24, 2.45) is 5.41 Å². The van der Waals surface area contributed by atoms with Gasteiger partial charge < -0.3 is 9.26 Å². The summed E-state index contributed by atoms with van der Waals surface area (Å²) in [6.07, 6.45) is 4.41. The predicted octanol–water partition coefficient (Wildman–Crippen LogP) is 3.16. The van der Waals surface area contributed by atoms with E-state index in [1.54, 1.807) is 0 Å². The first-order valence-corrected chi connectivity index (χ1v) is 9.94. The Hall–Kier alpha value is -2.21. The fourth-order valence-corrected chi connectivity index (χ4v) is 4.92. The van der Waals surface area contributed by atoms with Crippen LogP contribution in [0.5, 0.6) is 0 Å². The average Bonchev–Trinajstić information content (AvgIpc) is 3.37. The maximum atomic E-state index is 13.1. The number of nitrogens with zero attached hydrogens (tertiary/aromatic N) is 3. The van der Waals surface area contributed by atoms with Gasteiger partial charge in [0.05, 0.1) is 18.6 Å². The number of carbonyl (C=O) groups excluding carboxylic acids is 1. The molecule has 0 spiro atoms. The second kappa shape index (κ2) is 7.43. The Bertz CT molecular complexity index is 791. The number of esters is 1. The van der Waals surface area contributed by atoms with Crippen LogP contribution in [0.25, 0.3) is 0 Å². The van der Waals surface area contributed by atoms with Crippen molar-refractivity contribution in [3.63, 3.8) is 0 Å². The van der Waals surface area contributed by atoms with Gasteiger partial charge in [-0.25, -0.2) is 0 Å². The van der Waals surface area contributed by atoms with E-state index in [9.17, 15) is 4.79 Å². The quantitative estimate of drug-likeness (QED) is 0.699. The Morgan fingerprint density at radius 1 is 1.30 bits per heavy atom. The van der Waals surface area contributed by atoms with Gasteiger partial charge in [0.25, 0.3) is 0 Å². The summed E-state index contributed by atoms with van der Waals surface area (Å²) in [7, 11) is 0. The lowest BCUT2D eigenvalue weighted by Gasteiger charge is -2.35. The van der Waals surface area contributed by atoms with Crippen LogP contribution >= 0.6 is 0 Å². The van der Waals surface area contributed by atoms with E-state index < -0.39 is 5.41 Å². The molecule has 1 aromatic carbocycles. The molecule has 2 fully saturated rings. The molecule has 0 radical (unpaired) electrons. The van der Waals surface area contributed by atoms with E-state index in [-0.39, 0.29) is 12.0 Å². The molecule has 2 aliphatic heterocycles. The topological polar surface area (TPSA) is 68.5 Å². The summed E-state index contributed by atoms with van der Waals surface area (Å²) in [4.78, 5) is 20.0. The third kappa shape index (κ3) is 3.27. The molecule has 2 saturated heterocycles. The van der Waals surface area contributed by atoms with Gasteiger partial charge in [-0.1, -0.05) is 42.4 Å². The molecule has 6 heteroatoms. The Balaban J connectivity index is 1.61. The van der Waals surface area contributed by atoms with Crippen molar-refractivity contribution in [3.05, 3.63) is 47.6 Å². The standard InChI is InChI=1S/C21H27N3O3/c1-3-19-22-18(23-27-19)14-24-16-10-11-17(24)21(13-16,20(25)26-4-2)12-15-8-6-5-7-9-15/h5-9,16-17H,3-4,10-14H2,1-2H3/t16-,17+,21+/m1/s1. The highest BCUT2D eigenvalue weighted by atomic mass is 16.5. The molecule has 0 N–H and O–H groups in total. The van der Waals surface area contributed by atoms with E-state index in [1.165, 1.54) is 5.56 Å². The molecule has 144 valence electrons. The molecule has 2 bridgehead atoms. The normalized spacial score (nSPS) is 27.2. The Morgan fingerprint density at radius 3 is 2.81 bits per heavy atom. The third-order valence-electron chi connectivity index (χ3n) is 6.06. The van der Waals surface area contributed by atoms with E-state index in [0.717, 1.165) is 32.1 Å². The molecular weight excluding hydrogens is 342 g/mol. The van der Waals surface area contributed by atoms with E-state index in [1.807, 2.05) is 32.0 Å². The summed E-state index contributed by atoms with van der Waals surface area (Å²) in [5.41, 5.74) is 0.698. The SMILES string of the molecule is CCOC(=O)[C@@]1(Cc2ccccc2)C[C@H]2CC[C@@H]1N2Cc1noc(CC)n1. The lowest BCUT2D eigenvalue weighted by Crippen LogP contribution is -2.46. The molecule has 6 nitrogen and oxygen atoms in total. The maximum absolute atomic E-state index is 13.1. The van der Waals surface area contributed by atoms with Crippen LogP contribution in [-0.4, -0.2) is 39.7 Å². The summed E-state index contributed by atoms with van der Waals surface area (Å²) >= 11 is 0. The van der Waals surface area contributed by atoms with Gasteiger partial charge in [0.1, 0.15) is 0 Å². The molecule has 3 atom stereocenters. The zero-order chi connectivity index (χ0) is 18.9. The summed E-state index contributed by atoms with van der Waals surface area (Å²) in [5, 5.41) is 4.12. The molecule has 4 rings (SSSR count). The summed E-state index contributed by atoms with van der Waals surface area (Å²) in [6, 6.07) is 10.8. The molecule has 0 amide bonds. The molecule has 0 saturated carbocycles. The van der Waals surface area contributed by atoms with Crippen molar-refractivity contribution in [2.75, 3.05) is 6.61 Å². The van der Waals surface area contributed by atoms with Gasteiger partial charge in [-0.2, -0.15) is 4.98 Å². The van der Waals surface area contributed by atoms with Crippen molar-refractivity contribution in [2.45, 2.75) is 64.6 Å². The largest absolute Gasteiger partial charge is 0.466 e.